The van der Waals surface area contributed by atoms with E-state index >= 15 is 0 Å². The molecule has 0 radical (unpaired) electrons. The highest BCUT2D eigenvalue weighted by Gasteiger charge is 2.26. The Bertz CT molecular complexity index is 574. The summed E-state index contributed by atoms with van der Waals surface area (Å²) in [7, 11) is 0. The number of thioether (sulfide) groups is 1. The smallest absolute Gasteiger partial charge is 0.315 e. The molecule has 7 heteroatoms. The van der Waals surface area contributed by atoms with Gasteiger partial charge >= 0.3 is 12.0 Å². The Balaban J connectivity index is 1.80. The van der Waals surface area contributed by atoms with Gasteiger partial charge in [-0.15, -0.1) is 11.8 Å². The van der Waals surface area contributed by atoms with Gasteiger partial charge in [-0.2, -0.15) is 0 Å². The number of carboxylic acids is 1. The summed E-state index contributed by atoms with van der Waals surface area (Å²) in [6, 6.07) is 4.21. The van der Waals surface area contributed by atoms with Crippen LogP contribution in [0.5, 0.6) is 0 Å². The maximum Gasteiger partial charge on any atom is 0.315 e. The van der Waals surface area contributed by atoms with Gasteiger partial charge in [-0.25, -0.2) is 9.18 Å². The van der Waals surface area contributed by atoms with Crippen molar-refractivity contribution in [1.29, 1.82) is 0 Å². The molecular weight excluding hydrogens is 319 g/mol. The third-order valence-electron chi connectivity index (χ3n) is 4.09. The van der Waals surface area contributed by atoms with E-state index in [2.05, 4.69) is 10.6 Å². The number of carbonyl (C=O) groups is 2. The summed E-state index contributed by atoms with van der Waals surface area (Å²) < 4.78 is 13.3. The van der Waals surface area contributed by atoms with Crippen molar-refractivity contribution in [2.45, 2.75) is 43.2 Å². The van der Waals surface area contributed by atoms with Gasteiger partial charge in [0.2, 0.25) is 0 Å². The zero-order valence-corrected chi connectivity index (χ0v) is 13.8. The number of carboxylic acid groups (broad SMARTS) is 1. The number of carbonyl (C=O) groups excluding carboxylic acids is 1. The number of nitrogens with one attached hydrogen (secondary N) is 2. The van der Waals surface area contributed by atoms with Crippen LogP contribution >= 0.6 is 11.8 Å². The third-order valence-corrected chi connectivity index (χ3v) is 4.93. The van der Waals surface area contributed by atoms with Crippen molar-refractivity contribution < 1.29 is 19.1 Å². The van der Waals surface area contributed by atoms with E-state index in [1.54, 1.807) is 6.07 Å². The van der Waals surface area contributed by atoms with Gasteiger partial charge in [0.1, 0.15) is 5.82 Å². The minimum Gasteiger partial charge on any atom is -0.481 e. The summed E-state index contributed by atoms with van der Waals surface area (Å²) >= 11 is 1.50. The number of halogens is 1. The van der Waals surface area contributed by atoms with E-state index in [-0.39, 0.29) is 30.4 Å². The van der Waals surface area contributed by atoms with Crippen LogP contribution in [-0.2, 0) is 11.3 Å². The molecule has 2 rings (SSSR count). The van der Waals surface area contributed by atoms with Crippen molar-refractivity contribution in [2.24, 2.45) is 5.92 Å². The Morgan fingerprint density at radius 2 is 2.00 bits per heavy atom. The lowest BCUT2D eigenvalue weighted by Gasteiger charge is -2.26. The second kappa shape index (κ2) is 8.19. The van der Waals surface area contributed by atoms with Gasteiger partial charge in [-0.3, -0.25) is 4.79 Å². The molecule has 0 saturated heterocycles. The molecule has 23 heavy (non-hydrogen) atoms. The van der Waals surface area contributed by atoms with E-state index in [4.69, 9.17) is 5.11 Å². The molecule has 0 aliphatic heterocycles. The first-order valence-electron chi connectivity index (χ1n) is 7.59. The van der Waals surface area contributed by atoms with Crippen LogP contribution in [0.15, 0.2) is 23.1 Å². The number of benzene rings is 1. The minimum absolute atomic E-state index is 0.00173. The van der Waals surface area contributed by atoms with Crippen LogP contribution in [0, 0.1) is 11.7 Å². The Hall–Kier alpha value is -1.76. The van der Waals surface area contributed by atoms with Gasteiger partial charge in [0.15, 0.2) is 0 Å². The second-order valence-corrected chi connectivity index (χ2v) is 6.52. The van der Waals surface area contributed by atoms with Crippen molar-refractivity contribution in [1.82, 2.24) is 10.6 Å². The molecule has 1 saturated carbocycles. The lowest BCUT2D eigenvalue weighted by Crippen LogP contribution is -2.43. The molecule has 0 atom stereocenters. The fraction of sp³-hybridized carbons (Fsp3) is 0.500. The van der Waals surface area contributed by atoms with Crippen LogP contribution in [0.3, 0.4) is 0 Å². The van der Waals surface area contributed by atoms with Crippen molar-refractivity contribution in [2.75, 3.05) is 6.26 Å². The predicted octanol–water partition coefficient (Wildman–Crippen LogP) is 2.99. The highest BCUT2D eigenvalue weighted by molar-refractivity contribution is 7.98. The van der Waals surface area contributed by atoms with Crippen LogP contribution in [0.25, 0.3) is 0 Å². The van der Waals surface area contributed by atoms with E-state index in [1.165, 1.54) is 23.9 Å². The SMILES string of the molecule is CSc1ccc(F)cc1CNC(=O)NC1CCC(C(=O)O)CC1. The van der Waals surface area contributed by atoms with Gasteiger partial charge in [0, 0.05) is 17.5 Å². The van der Waals surface area contributed by atoms with Gasteiger partial charge in [0.25, 0.3) is 0 Å². The molecule has 0 aromatic heterocycles. The van der Waals surface area contributed by atoms with E-state index in [1.807, 2.05) is 6.26 Å². The topological polar surface area (TPSA) is 78.4 Å². The van der Waals surface area contributed by atoms with Gasteiger partial charge in [0.05, 0.1) is 5.92 Å². The largest absolute Gasteiger partial charge is 0.481 e. The number of hydrogen-bond acceptors (Lipinski definition) is 3. The Morgan fingerprint density at radius 1 is 1.30 bits per heavy atom. The summed E-state index contributed by atoms with van der Waals surface area (Å²) in [6.07, 6.45) is 4.40. The van der Waals surface area contributed by atoms with Gasteiger partial charge in [-0.1, -0.05) is 0 Å². The number of urea groups is 1. The highest BCUT2D eigenvalue weighted by Crippen LogP contribution is 2.24. The zero-order valence-electron chi connectivity index (χ0n) is 13.0. The summed E-state index contributed by atoms with van der Waals surface area (Å²) in [4.78, 5) is 23.8. The molecule has 0 bridgehead atoms. The van der Waals surface area contributed by atoms with Gasteiger partial charge in [-0.05, 0) is 55.7 Å². The fourth-order valence-electron chi connectivity index (χ4n) is 2.78. The van der Waals surface area contributed by atoms with Crippen molar-refractivity contribution >= 4 is 23.8 Å². The monoisotopic (exact) mass is 340 g/mol. The van der Waals surface area contributed by atoms with Crippen LogP contribution in [0.1, 0.15) is 31.2 Å². The van der Waals surface area contributed by atoms with Crippen LogP contribution in [-0.4, -0.2) is 29.4 Å². The Kier molecular flexibility index (Phi) is 6.27. The van der Waals surface area contributed by atoms with Crippen molar-refractivity contribution in [3.63, 3.8) is 0 Å². The maximum absolute atomic E-state index is 13.3. The first kappa shape index (κ1) is 17.6. The van der Waals surface area contributed by atoms with E-state index < -0.39 is 5.97 Å². The molecule has 3 N–H and O–H groups in total. The molecule has 1 aliphatic carbocycles. The molecule has 2 amide bonds. The first-order valence-corrected chi connectivity index (χ1v) is 8.81. The molecule has 1 fully saturated rings. The second-order valence-electron chi connectivity index (χ2n) is 5.67. The highest BCUT2D eigenvalue weighted by atomic mass is 32.2. The molecular formula is C16H21FN2O3S. The lowest BCUT2D eigenvalue weighted by molar-refractivity contribution is -0.142. The van der Waals surface area contributed by atoms with E-state index in [9.17, 15) is 14.0 Å². The maximum atomic E-state index is 13.3. The van der Waals surface area contributed by atoms with E-state index in [0.717, 1.165) is 10.5 Å². The Labute approximate surface area is 139 Å². The van der Waals surface area contributed by atoms with Crippen molar-refractivity contribution in [3.8, 4) is 0 Å². The molecule has 126 valence electrons. The van der Waals surface area contributed by atoms with Crippen LogP contribution in [0.2, 0.25) is 0 Å². The number of amides is 2. The zero-order chi connectivity index (χ0) is 16.8. The molecule has 1 aliphatic rings. The molecule has 1 aromatic carbocycles. The summed E-state index contributed by atoms with van der Waals surface area (Å²) in [5, 5.41) is 14.5. The average Bonchev–Trinajstić information content (AvgIpc) is 2.53. The summed E-state index contributed by atoms with van der Waals surface area (Å²) in [6.45, 7) is 0.254. The summed E-state index contributed by atoms with van der Waals surface area (Å²) in [5.74, 6) is -1.39. The quantitative estimate of drug-likeness (QED) is 0.720. The average molecular weight is 340 g/mol. The molecule has 5 nitrogen and oxygen atoms in total. The molecule has 0 spiro atoms. The number of aliphatic carboxylic acids is 1. The third kappa shape index (κ3) is 5.13. The lowest BCUT2D eigenvalue weighted by atomic mass is 9.86. The molecule has 0 heterocycles. The molecule has 1 aromatic rings. The van der Waals surface area contributed by atoms with E-state index in [0.29, 0.717) is 25.7 Å². The normalized spacial score (nSPS) is 20.8. The standard InChI is InChI=1S/C16H21FN2O3S/c1-23-14-7-4-12(17)8-11(14)9-18-16(22)19-13-5-2-10(3-6-13)15(20)21/h4,7-8,10,13H,2-3,5-6,9H2,1H3,(H,20,21)(H2,18,19,22). The first-order chi connectivity index (χ1) is 11.0. The Morgan fingerprint density at radius 3 is 2.61 bits per heavy atom. The predicted molar refractivity (Wildman–Crippen MR) is 86.9 cm³/mol. The van der Waals surface area contributed by atoms with Crippen LogP contribution in [0.4, 0.5) is 9.18 Å². The van der Waals surface area contributed by atoms with Gasteiger partial charge < -0.3 is 15.7 Å². The fourth-order valence-corrected chi connectivity index (χ4v) is 3.38. The minimum atomic E-state index is -0.761. The molecule has 0 unspecified atom stereocenters. The number of rotatable bonds is 5. The van der Waals surface area contributed by atoms with Crippen LogP contribution < -0.4 is 10.6 Å². The number of hydrogen-bond donors (Lipinski definition) is 3. The summed E-state index contributed by atoms with van der Waals surface area (Å²) in [5.41, 5.74) is 0.738. The van der Waals surface area contributed by atoms with Crippen molar-refractivity contribution in [3.05, 3.63) is 29.6 Å².